The maximum Gasteiger partial charge on any atom is 0.238 e. The molecule has 0 atom stereocenters. The molecule has 0 saturated heterocycles. The third kappa shape index (κ3) is 3.47. The lowest BCUT2D eigenvalue weighted by Gasteiger charge is -2.22. The van der Waals surface area contributed by atoms with Crippen molar-refractivity contribution in [2.24, 2.45) is 5.14 Å². The summed E-state index contributed by atoms with van der Waals surface area (Å²) in [5.74, 6) is 1.29. The van der Waals surface area contributed by atoms with E-state index in [-0.39, 0.29) is 4.90 Å². The van der Waals surface area contributed by atoms with Gasteiger partial charge in [0.15, 0.2) is 11.5 Å². The van der Waals surface area contributed by atoms with Crippen molar-refractivity contribution in [2.45, 2.75) is 17.9 Å². The highest BCUT2D eigenvalue weighted by atomic mass is 79.9. The molecule has 0 unspecified atom stereocenters. The summed E-state index contributed by atoms with van der Waals surface area (Å²) >= 11 is 3.58. The minimum Gasteiger partial charge on any atom is -0.493 e. The molecule has 1 aliphatic heterocycles. The van der Waals surface area contributed by atoms with Crippen molar-refractivity contribution in [2.75, 3.05) is 25.7 Å². The second-order valence-electron chi connectivity index (χ2n) is 5.78. The lowest BCUT2D eigenvalue weighted by molar-refractivity contribution is 0.352. The molecule has 25 heavy (non-hydrogen) atoms. The molecule has 0 radical (unpaired) electrons. The molecular formula is C17H19BrN2O4S. The Balaban J connectivity index is 1.95. The van der Waals surface area contributed by atoms with Gasteiger partial charge in [0, 0.05) is 18.8 Å². The highest BCUT2D eigenvalue weighted by molar-refractivity contribution is 9.10. The third-order valence-corrected chi connectivity index (χ3v) is 6.08. The Morgan fingerprint density at radius 3 is 2.60 bits per heavy atom. The van der Waals surface area contributed by atoms with Gasteiger partial charge in [0.2, 0.25) is 10.0 Å². The average molecular weight is 427 g/mol. The minimum atomic E-state index is -3.72. The Morgan fingerprint density at radius 2 is 1.96 bits per heavy atom. The molecule has 2 N–H and O–H groups in total. The molecule has 1 heterocycles. The van der Waals surface area contributed by atoms with Crippen molar-refractivity contribution in [3.63, 3.8) is 0 Å². The summed E-state index contributed by atoms with van der Waals surface area (Å²) in [6.07, 6.45) is 0.866. The van der Waals surface area contributed by atoms with Gasteiger partial charge in [-0.25, -0.2) is 13.6 Å². The molecule has 1 aliphatic rings. The molecule has 2 aromatic rings. The van der Waals surface area contributed by atoms with E-state index >= 15 is 0 Å². The number of halogens is 1. The molecular weight excluding hydrogens is 408 g/mol. The van der Waals surface area contributed by atoms with Gasteiger partial charge in [-0.2, -0.15) is 0 Å². The molecule has 0 bridgehead atoms. The Labute approximate surface area is 155 Å². The van der Waals surface area contributed by atoms with Crippen molar-refractivity contribution >= 4 is 31.6 Å². The Bertz CT molecular complexity index is 915. The number of hydrogen-bond donors (Lipinski definition) is 1. The normalized spacial score (nSPS) is 13.7. The highest BCUT2D eigenvalue weighted by Crippen LogP contribution is 2.39. The van der Waals surface area contributed by atoms with Crippen LogP contribution in [0, 0.1) is 0 Å². The number of ether oxygens (including phenoxy) is 2. The van der Waals surface area contributed by atoms with E-state index in [4.69, 9.17) is 14.6 Å². The fraction of sp³-hybridized carbons (Fsp3) is 0.294. The SMILES string of the molecule is COc1ccc(CN2CCc3ccc(S(N)(=O)=O)cc32)c(Br)c1OC. The number of nitrogens with zero attached hydrogens (tertiary/aromatic N) is 1. The molecule has 134 valence electrons. The van der Waals surface area contributed by atoms with Crippen LogP contribution in [0.15, 0.2) is 39.7 Å². The van der Waals surface area contributed by atoms with Gasteiger partial charge in [-0.3, -0.25) is 0 Å². The summed E-state index contributed by atoms with van der Waals surface area (Å²) in [6, 6.07) is 8.86. The van der Waals surface area contributed by atoms with Gasteiger partial charge in [-0.1, -0.05) is 12.1 Å². The largest absolute Gasteiger partial charge is 0.493 e. The van der Waals surface area contributed by atoms with Gasteiger partial charge in [0.05, 0.1) is 23.6 Å². The summed E-state index contributed by atoms with van der Waals surface area (Å²) in [6.45, 7) is 1.42. The Kier molecular flexibility index (Phi) is 4.95. The van der Waals surface area contributed by atoms with Gasteiger partial charge >= 0.3 is 0 Å². The zero-order valence-corrected chi connectivity index (χ0v) is 16.4. The van der Waals surface area contributed by atoms with Gasteiger partial charge in [0.25, 0.3) is 0 Å². The Morgan fingerprint density at radius 1 is 1.20 bits per heavy atom. The number of benzene rings is 2. The lowest BCUT2D eigenvalue weighted by atomic mass is 10.1. The first-order chi connectivity index (χ1) is 11.8. The maximum absolute atomic E-state index is 11.6. The van der Waals surface area contributed by atoms with E-state index in [0.29, 0.717) is 18.0 Å². The van der Waals surface area contributed by atoms with E-state index in [1.165, 1.54) is 0 Å². The van der Waals surface area contributed by atoms with Crippen molar-refractivity contribution in [3.8, 4) is 11.5 Å². The molecule has 0 spiro atoms. The van der Waals surface area contributed by atoms with Crippen LogP contribution >= 0.6 is 15.9 Å². The van der Waals surface area contributed by atoms with Gasteiger partial charge in [-0.15, -0.1) is 0 Å². The van der Waals surface area contributed by atoms with E-state index in [2.05, 4.69) is 20.8 Å². The summed E-state index contributed by atoms with van der Waals surface area (Å²) < 4.78 is 34.8. The fourth-order valence-corrected chi connectivity index (χ4v) is 4.17. The molecule has 6 nitrogen and oxygen atoms in total. The predicted molar refractivity (Wildman–Crippen MR) is 99.8 cm³/mol. The van der Waals surface area contributed by atoms with Crippen LogP contribution in [0.25, 0.3) is 0 Å². The van der Waals surface area contributed by atoms with Crippen molar-refractivity contribution in [3.05, 3.63) is 45.9 Å². The number of nitrogens with two attached hydrogens (primary N) is 1. The number of sulfonamides is 1. The average Bonchev–Trinajstić information content (AvgIpc) is 2.98. The molecule has 3 rings (SSSR count). The van der Waals surface area contributed by atoms with Crippen LogP contribution in [-0.2, 0) is 23.0 Å². The molecule has 0 fully saturated rings. The Hall–Kier alpha value is -1.77. The topological polar surface area (TPSA) is 81.9 Å². The van der Waals surface area contributed by atoms with Gasteiger partial charge < -0.3 is 14.4 Å². The zero-order chi connectivity index (χ0) is 18.2. The predicted octanol–water partition coefficient (Wildman–Crippen LogP) is 2.68. The van der Waals surface area contributed by atoms with E-state index in [1.807, 2.05) is 18.2 Å². The maximum atomic E-state index is 11.6. The monoisotopic (exact) mass is 426 g/mol. The second-order valence-corrected chi connectivity index (χ2v) is 8.14. The van der Waals surface area contributed by atoms with Crippen LogP contribution in [0.3, 0.4) is 0 Å². The van der Waals surface area contributed by atoms with E-state index in [1.54, 1.807) is 26.4 Å². The van der Waals surface area contributed by atoms with Crippen LogP contribution in [0.5, 0.6) is 11.5 Å². The molecule has 8 heteroatoms. The smallest absolute Gasteiger partial charge is 0.238 e. The van der Waals surface area contributed by atoms with Crippen molar-refractivity contribution in [1.82, 2.24) is 0 Å². The van der Waals surface area contributed by atoms with Crippen LogP contribution in [0.2, 0.25) is 0 Å². The van der Waals surface area contributed by atoms with E-state index in [9.17, 15) is 8.42 Å². The first kappa shape index (κ1) is 18.0. The number of anilines is 1. The summed E-state index contributed by atoms with van der Waals surface area (Å²) in [5.41, 5.74) is 3.03. The molecule has 0 amide bonds. The van der Waals surface area contributed by atoms with Crippen LogP contribution in [0.1, 0.15) is 11.1 Å². The summed E-state index contributed by atoms with van der Waals surface area (Å²) in [5, 5.41) is 5.26. The highest BCUT2D eigenvalue weighted by Gasteiger charge is 2.23. The first-order valence-corrected chi connectivity index (χ1v) is 9.99. The van der Waals surface area contributed by atoms with E-state index < -0.39 is 10.0 Å². The number of rotatable bonds is 5. The molecule has 2 aromatic carbocycles. The van der Waals surface area contributed by atoms with Crippen molar-refractivity contribution < 1.29 is 17.9 Å². The quantitative estimate of drug-likeness (QED) is 0.794. The van der Waals surface area contributed by atoms with E-state index in [0.717, 1.165) is 34.3 Å². The van der Waals surface area contributed by atoms with Crippen molar-refractivity contribution in [1.29, 1.82) is 0 Å². The number of fused-ring (bicyclic) bond motifs is 1. The van der Waals surface area contributed by atoms with Crippen LogP contribution in [-0.4, -0.2) is 29.2 Å². The zero-order valence-electron chi connectivity index (χ0n) is 14.0. The molecule has 0 aliphatic carbocycles. The summed E-state index contributed by atoms with van der Waals surface area (Å²) in [4.78, 5) is 2.26. The summed E-state index contributed by atoms with van der Waals surface area (Å²) in [7, 11) is -0.535. The number of primary sulfonamides is 1. The second kappa shape index (κ2) is 6.86. The first-order valence-electron chi connectivity index (χ1n) is 7.65. The molecule has 0 aromatic heterocycles. The number of hydrogen-bond acceptors (Lipinski definition) is 5. The van der Waals surface area contributed by atoms with Gasteiger partial charge in [-0.05, 0) is 51.7 Å². The number of methoxy groups -OCH3 is 2. The minimum absolute atomic E-state index is 0.129. The van der Waals surface area contributed by atoms with Gasteiger partial charge in [0.1, 0.15) is 0 Å². The standard InChI is InChI=1S/C17H19BrN2O4S/c1-23-15-6-4-12(16(18)17(15)24-2)10-20-8-7-11-3-5-13(9-14(11)20)25(19,21)22/h3-6,9H,7-8,10H2,1-2H3,(H2,19,21,22). The van der Waals surface area contributed by atoms with Crippen LogP contribution in [0.4, 0.5) is 5.69 Å². The third-order valence-electron chi connectivity index (χ3n) is 4.30. The lowest BCUT2D eigenvalue weighted by Crippen LogP contribution is -2.20. The van der Waals surface area contributed by atoms with Crippen LogP contribution < -0.4 is 19.5 Å². The molecule has 0 saturated carbocycles. The fourth-order valence-electron chi connectivity index (χ4n) is 3.02.